The molecular weight excluding hydrogens is 224 g/mol. The topological polar surface area (TPSA) is 113 Å². The summed E-state index contributed by atoms with van der Waals surface area (Å²) in [6, 6.07) is -0.836. The van der Waals surface area contributed by atoms with Crippen LogP contribution in [0.2, 0.25) is 0 Å². The van der Waals surface area contributed by atoms with Crippen LogP contribution in [0.4, 0.5) is 0 Å². The summed E-state index contributed by atoms with van der Waals surface area (Å²) in [5, 5.41) is 20.5. The van der Waals surface area contributed by atoms with E-state index in [2.05, 4.69) is 5.32 Å². The molecule has 2 atom stereocenters. The zero-order chi connectivity index (χ0) is 13.4. The van der Waals surface area contributed by atoms with Gasteiger partial charge in [-0.3, -0.25) is 9.59 Å². The van der Waals surface area contributed by atoms with E-state index in [1.165, 1.54) is 0 Å². The third-order valence-electron chi connectivity index (χ3n) is 2.26. The summed E-state index contributed by atoms with van der Waals surface area (Å²) in [6.07, 6.45) is -0.0273. The van der Waals surface area contributed by atoms with Crippen LogP contribution in [0.5, 0.6) is 0 Å². The lowest BCUT2D eigenvalue weighted by Crippen LogP contribution is -2.43. The van der Waals surface area contributed by atoms with Crippen LogP contribution in [0.15, 0.2) is 0 Å². The van der Waals surface area contributed by atoms with Crippen molar-refractivity contribution in [3.63, 3.8) is 0 Å². The number of nitrogens with one attached hydrogen (secondary N) is 1. The SMILES string of the molecule is CC(C)CC(O)CNC(=O)C(N)CCC(=O)O. The number of carbonyl (C=O) groups excluding carboxylic acids is 1. The minimum absolute atomic E-state index is 0.0987. The van der Waals surface area contributed by atoms with Gasteiger partial charge in [-0.2, -0.15) is 0 Å². The summed E-state index contributed by atoms with van der Waals surface area (Å²) < 4.78 is 0. The van der Waals surface area contributed by atoms with Crippen LogP contribution in [-0.4, -0.2) is 40.8 Å². The fourth-order valence-electron chi connectivity index (χ4n) is 1.39. The smallest absolute Gasteiger partial charge is 0.303 e. The van der Waals surface area contributed by atoms with Crippen molar-refractivity contribution in [3.8, 4) is 0 Å². The Morgan fingerprint density at radius 3 is 2.41 bits per heavy atom. The molecule has 0 rings (SSSR count). The molecule has 6 nitrogen and oxygen atoms in total. The highest BCUT2D eigenvalue weighted by Crippen LogP contribution is 2.03. The molecule has 0 aliphatic heterocycles. The summed E-state index contributed by atoms with van der Waals surface area (Å²) in [5.74, 6) is -1.05. The quantitative estimate of drug-likeness (QED) is 0.470. The largest absolute Gasteiger partial charge is 0.481 e. The van der Waals surface area contributed by atoms with Gasteiger partial charge in [-0.05, 0) is 18.8 Å². The highest BCUT2D eigenvalue weighted by atomic mass is 16.4. The molecule has 0 saturated heterocycles. The van der Waals surface area contributed by atoms with Crippen molar-refractivity contribution in [2.45, 2.75) is 45.3 Å². The van der Waals surface area contributed by atoms with Crippen molar-refractivity contribution in [2.24, 2.45) is 11.7 Å². The van der Waals surface area contributed by atoms with Crippen molar-refractivity contribution < 1.29 is 19.8 Å². The molecule has 1 amide bonds. The molecule has 2 unspecified atom stereocenters. The summed E-state index contributed by atoms with van der Waals surface area (Å²) in [7, 11) is 0. The molecule has 0 aliphatic rings. The zero-order valence-corrected chi connectivity index (χ0v) is 10.3. The third-order valence-corrected chi connectivity index (χ3v) is 2.26. The van der Waals surface area contributed by atoms with E-state index in [9.17, 15) is 14.7 Å². The normalized spacial score (nSPS) is 14.4. The maximum atomic E-state index is 11.4. The van der Waals surface area contributed by atoms with Gasteiger partial charge in [0.05, 0.1) is 12.1 Å². The van der Waals surface area contributed by atoms with Gasteiger partial charge >= 0.3 is 5.97 Å². The molecule has 0 spiro atoms. The van der Waals surface area contributed by atoms with Crippen molar-refractivity contribution in [2.75, 3.05) is 6.54 Å². The first kappa shape index (κ1) is 15.9. The Labute approximate surface area is 101 Å². The number of hydrogen-bond donors (Lipinski definition) is 4. The molecule has 0 aromatic carbocycles. The number of aliphatic hydroxyl groups excluding tert-OH is 1. The molecule has 5 N–H and O–H groups in total. The zero-order valence-electron chi connectivity index (χ0n) is 10.3. The van der Waals surface area contributed by atoms with Crippen molar-refractivity contribution in [3.05, 3.63) is 0 Å². The molecule has 0 bridgehead atoms. The number of amides is 1. The van der Waals surface area contributed by atoms with Gasteiger partial charge in [-0.25, -0.2) is 0 Å². The average molecular weight is 246 g/mol. The van der Waals surface area contributed by atoms with Gasteiger partial charge < -0.3 is 21.3 Å². The molecule has 0 aromatic rings. The molecule has 0 saturated carbocycles. The van der Waals surface area contributed by atoms with Crippen molar-refractivity contribution >= 4 is 11.9 Å². The van der Waals surface area contributed by atoms with Crippen LogP contribution >= 0.6 is 0 Å². The predicted octanol–water partition coefficient (Wildman–Crippen LogP) is -0.298. The van der Waals surface area contributed by atoms with Crippen LogP contribution in [0.25, 0.3) is 0 Å². The number of carboxylic acid groups (broad SMARTS) is 1. The maximum Gasteiger partial charge on any atom is 0.303 e. The van der Waals surface area contributed by atoms with Crippen LogP contribution in [0.1, 0.15) is 33.1 Å². The van der Waals surface area contributed by atoms with Crippen LogP contribution in [-0.2, 0) is 9.59 Å². The summed E-state index contributed by atoms with van der Waals surface area (Å²) >= 11 is 0. The van der Waals surface area contributed by atoms with E-state index in [4.69, 9.17) is 10.8 Å². The van der Waals surface area contributed by atoms with Gasteiger partial charge in [0.2, 0.25) is 5.91 Å². The Morgan fingerprint density at radius 1 is 1.35 bits per heavy atom. The second kappa shape index (κ2) is 8.03. The first-order valence-corrected chi connectivity index (χ1v) is 5.76. The first-order chi connectivity index (χ1) is 7.82. The van der Waals surface area contributed by atoms with Gasteiger partial charge in [0.25, 0.3) is 0 Å². The number of carbonyl (C=O) groups is 2. The number of aliphatic carboxylic acids is 1. The summed E-state index contributed by atoms with van der Waals surface area (Å²) in [6.45, 7) is 4.10. The molecule has 0 radical (unpaired) electrons. The highest BCUT2D eigenvalue weighted by molar-refractivity contribution is 5.82. The minimum Gasteiger partial charge on any atom is -0.481 e. The third kappa shape index (κ3) is 8.65. The van der Waals surface area contributed by atoms with Gasteiger partial charge in [0, 0.05) is 13.0 Å². The Hall–Kier alpha value is -1.14. The Morgan fingerprint density at radius 2 is 1.94 bits per heavy atom. The summed E-state index contributed by atoms with van der Waals surface area (Å²) in [4.78, 5) is 21.7. The average Bonchev–Trinajstić information content (AvgIpc) is 2.21. The monoisotopic (exact) mass is 246 g/mol. The molecule has 6 heteroatoms. The van der Waals surface area contributed by atoms with Crippen LogP contribution < -0.4 is 11.1 Å². The van der Waals surface area contributed by atoms with E-state index < -0.39 is 24.0 Å². The highest BCUT2D eigenvalue weighted by Gasteiger charge is 2.16. The van der Waals surface area contributed by atoms with Crippen molar-refractivity contribution in [1.29, 1.82) is 0 Å². The Bertz CT molecular complexity index is 256. The number of nitrogens with two attached hydrogens (primary N) is 1. The lowest BCUT2D eigenvalue weighted by molar-refractivity contribution is -0.137. The first-order valence-electron chi connectivity index (χ1n) is 5.76. The van der Waals surface area contributed by atoms with E-state index >= 15 is 0 Å². The van der Waals surface area contributed by atoms with E-state index in [0.717, 1.165) is 0 Å². The van der Waals surface area contributed by atoms with E-state index in [0.29, 0.717) is 12.3 Å². The number of aliphatic hydroxyl groups is 1. The lowest BCUT2D eigenvalue weighted by Gasteiger charge is -2.16. The molecule has 0 aromatic heterocycles. The number of hydrogen-bond acceptors (Lipinski definition) is 4. The van der Waals surface area contributed by atoms with Crippen LogP contribution in [0.3, 0.4) is 0 Å². The molecular formula is C11H22N2O4. The molecule has 0 aliphatic carbocycles. The van der Waals surface area contributed by atoms with Crippen LogP contribution in [0, 0.1) is 5.92 Å². The second-order valence-electron chi connectivity index (χ2n) is 4.57. The fourth-order valence-corrected chi connectivity index (χ4v) is 1.39. The van der Waals surface area contributed by atoms with E-state index in [-0.39, 0.29) is 19.4 Å². The van der Waals surface area contributed by atoms with Crippen molar-refractivity contribution in [1.82, 2.24) is 5.32 Å². The second-order valence-corrected chi connectivity index (χ2v) is 4.57. The Kier molecular flexibility index (Phi) is 7.49. The molecule has 0 heterocycles. The fraction of sp³-hybridized carbons (Fsp3) is 0.818. The maximum absolute atomic E-state index is 11.4. The van der Waals surface area contributed by atoms with Gasteiger partial charge in [0.1, 0.15) is 0 Å². The molecule has 0 fully saturated rings. The molecule has 17 heavy (non-hydrogen) atoms. The van der Waals surface area contributed by atoms with Gasteiger partial charge in [-0.1, -0.05) is 13.8 Å². The minimum atomic E-state index is -0.979. The van der Waals surface area contributed by atoms with Gasteiger partial charge in [-0.15, -0.1) is 0 Å². The van der Waals surface area contributed by atoms with E-state index in [1.807, 2.05) is 13.8 Å². The lowest BCUT2D eigenvalue weighted by atomic mass is 10.1. The van der Waals surface area contributed by atoms with E-state index in [1.54, 1.807) is 0 Å². The predicted molar refractivity (Wildman–Crippen MR) is 63.3 cm³/mol. The van der Waals surface area contributed by atoms with Gasteiger partial charge in [0.15, 0.2) is 0 Å². The summed E-state index contributed by atoms with van der Waals surface area (Å²) in [5.41, 5.74) is 5.50. The number of carboxylic acids is 1. The molecule has 100 valence electrons. The Balaban J connectivity index is 3.80. The number of rotatable bonds is 8. The standard InChI is InChI=1S/C11H22N2O4/c1-7(2)5-8(14)6-13-11(17)9(12)3-4-10(15)16/h7-9,14H,3-6,12H2,1-2H3,(H,13,17)(H,15,16).